The van der Waals surface area contributed by atoms with E-state index in [2.05, 4.69) is 12.2 Å². The van der Waals surface area contributed by atoms with Crippen molar-refractivity contribution >= 4 is 23.4 Å². The van der Waals surface area contributed by atoms with E-state index in [-0.39, 0.29) is 30.6 Å². The summed E-state index contributed by atoms with van der Waals surface area (Å²) in [6.07, 6.45) is 3.06. The van der Waals surface area contributed by atoms with E-state index >= 15 is 0 Å². The molecule has 0 aliphatic rings. The minimum atomic E-state index is -0.812. The highest BCUT2D eigenvalue weighted by Crippen LogP contribution is 2.25. The maximum absolute atomic E-state index is 13.6. The molecular weight excluding hydrogens is 451 g/mol. The van der Waals surface area contributed by atoms with Crippen LogP contribution in [-0.4, -0.2) is 23.3 Å². The van der Waals surface area contributed by atoms with Gasteiger partial charge in [0.25, 0.3) is 0 Å². The minimum absolute atomic E-state index is 0.116. The summed E-state index contributed by atoms with van der Waals surface area (Å²) in [4.78, 5) is 28.6. The van der Waals surface area contributed by atoms with Gasteiger partial charge in [0.05, 0.1) is 6.42 Å². The van der Waals surface area contributed by atoms with Crippen LogP contribution in [0.15, 0.2) is 78.9 Å². The molecule has 0 unspecified atom stereocenters. The van der Waals surface area contributed by atoms with E-state index in [4.69, 9.17) is 11.6 Å². The molecule has 3 aromatic rings. The maximum Gasteiger partial charge on any atom is 0.247 e. The SMILES string of the molecule is CCCCCNC(=O)[C@@H](c1ccccc1)N(Cc1ccc(F)cc1)C(=O)Cc1ccc(Cl)cc1. The third-order valence-electron chi connectivity index (χ3n) is 5.61. The first-order chi connectivity index (χ1) is 16.5. The molecule has 0 fully saturated rings. The standard InChI is InChI=1S/C28H30ClFN2O2/c1-2-3-7-18-31-28(34)27(23-8-5-4-6-9-23)32(20-22-12-16-25(30)17-13-22)26(33)19-21-10-14-24(29)15-11-21/h4-6,8-17,27H,2-3,7,18-20H2,1H3,(H,31,34)/t27-/m1/s1. The third kappa shape index (κ3) is 7.42. The van der Waals surface area contributed by atoms with Crippen LogP contribution in [0.3, 0.4) is 0 Å². The number of carbonyl (C=O) groups is 2. The van der Waals surface area contributed by atoms with Crippen LogP contribution in [0.1, 0.15) is 48.9 Å². The largest absolute Gasteiger partial charge is 0.354 e. The van der Waals surface area contributed by atoms with Crippen LogP contribution in [-0.2, 0) is 22.6 Å². The number of nitrogens with one attached hydrogen (secondary N) is 1. The van der Waals surface area contributed by atoms with Gasteiger partial charge in [-0.15, -0.1) is 0 Å². The lowest BCUT2D eigenvalue weighted by atomic mass is 10.0. The Hall–Kier alpha value is -3.18. The molecule has 0 bridgehead atoms. The maximum atomic E-state index is 13.6. The van der Waals surface area contributed by atoms with Crippen molar-refractivity contribution in [1.29, 1.82) is 0 Å². The van der Waals surface area contributed by atoms with Gasteiger partial charge >= 0.3 is 0 Å². The molecule has 1 atom stereocenters. The molecule has 4 nitrogen and oxygen atoms in total. The topological polar surface area (TPSA) is 49.4 Å². The first-order valence-corrected chi connectivity index (χ1v) is 12.0. The Balaban J connectivity index is 1.93. The van der Waals surface area contributed by atoms with Crippen LogP contribution in [0.5, 0.6) is 0 Å². The van der Waals surface area contributed by atoms with Crippen molar-refractivity contribution in [1.82, 2.24) is 10.2 Å². The lowest BCUT2D eigenvalue weighted by Gasteiger charge is -2.32. The molecule has 0 aromatic heterocycles. The van der Waals surface area contributed by atoms with Gasteiger partial charge in [-0.1, -0.05) is 86.0 Å². The Labute approximate surface area is 205 Å². The molecule has 34 heavy (non-hydrogen) atoms. The van der Waals surface area contributed by atoms with Crippen LogP contribution < -0.4 is 5.32 Å². The molecule has 0 aliphatic carbocycles. The van der Waals surface area contributed by atoms with Gasteiger partial charge < -0.3 is 10.2 Å². The molecule has 0 aliphatic heterocycles. The summed E-state index contributed by atoms with van der Waals surface area (Å²) in [5.41, 5.74) is 2.27. The van der Waals surface area contributed by atoms with Gasteiger partial charge in [-0.05, 0) is 47.4 Å². The Morgan fingerprint density at radius 2 is 1.56 bits per heavy atom. The van der Waals surface area contributed by atoms with Gasteiger partial charge in [-0.2, -0.15) is 0 Å². The number of rotatable bonds is 11. The van der Waals surface area contributed by atoms with E-state index in [0.717, 1.165) is 36.0 Å². The molecule has 0 spiro atoms. The summed E-state index contributed by atoms with van der Waals surface area (Å²) in [6.45, 7) is 2.83. The molecule has 0 saturated carbocycles. The molecule has 3 aromatic carbocycles. The van der Waals surface area contributed by atoms with Gasteiger partial charge in [0.2, 0.25) is 11.8 Å². The average molecular weight is 481 g/mol. The molecule has 178 valence electrons. The summed E-state index contributed by atoms with van der Waals surface area (Å²) in [5.74, 6) is -0.783. The summed E-state index contributed by atoms with van der Waals surface area (Å²) in [6, 6.07) is 21.6. The number of halogens is 2. The number of hydrogen-bond donors (Lipinski definition) is 1. The highest BCUT2D eigenvalue weighted by atomic mass is 35.5. The zero-order valence-electron chi connectivity index (χ0n) is 19.3. The van der Waals surface area contributed by atoms with E-state index in [0.29, 0.717) is 11.6 Å². The Morgan fingerprint density at radius 1 is 0.912 bits per heavy atom. The van der Waals surface area contributed by atoms with E-state index in [1.54, 1.807) is 41.3 Å². The molecule has 0 saturated heterocycles. The molecule has 0 radical (unpaired) electrons. The highest BCUT2D eigenvalue weighted by molar-refractivity contribution is 6.30. The highest BCUT2D eigenvalue weighted by Gasteiger charge is 2.31. The van der Waals surface area contributed by atoms with Crippen LogP contribution in [0.2, 0.25) is 5.02 Å². The van der Waals surface area contributed by atoms with Crippen molar-refractivity contribution in [2.24, 2.45) is 0 Å². The summed E-state index contributed by atoms with van der Waals surface area (Å²) in [5, 5.41) is 3.60. The van der Waals surface area contributed by atoms with Gasteiger partial charge in [-0.3, -0.25) is 9.59 Å². The lowest BCUT2D eigenvalue weighted by molar-refractivity contribution is -0.141. The van der Waals surface area contributed by atoms with Gasteiger partial charge in [0.1, 0.15) is 11.9 Å². The fourth-order valence-electron chi connectivity index (χ4n) is 3.78. The van der Waals surface area contributed by atoms with Crippen molar-refractivity contribution < 1.29 is 14.0 Å². The number of nitrogens with zero attached hydrogens (tertiary/aromatic N) is 1. The molecule has 1 N–H and O–H groups in total. The summed E-state index contributed by atoms with van der Waals surface area (Å²) >= 11 is 5.99. The minimum Gasteiger partial charge on any atom is -0.354 e. The van der Waals surface area contributed by atoms with Gasteiger partial charge in [0, 0.05) is 18.1 Å². The molecular formula is C28H30ClFN2O2. The van der Waals surface area contributed by atoms with Gasteiger partial charge in [0.15, 0.2) is 0 Å². The van der Waals surface area contributed by atoms with E-state index < -0.39 is 6.04 Å². The average Bonchev–Trinajstić information content (AvgIpc) is 2.85. The summed E-state index contributed by atoms with van der Waals surface area (Å²) < 4.78 is 13.5. The van der Waals surface area contributed by atoms with Gasteiger partial charge in [-0.25, -0.2) is 4.39 Å². The predicted molar refractivity (Wildman–Crippen MR) is 134 cm³/mol. The zero-order chi connectivity index (χ0) is 24.3. The number of hydrogen-bond acceptors (Lipinski definition) is 2. The van der Waals surface area contributed by atoms with Crippen molar-refractivity contribution in [3.63, 3.8) is 0 Å². The van der Waals surface area contributed by atoms with Crippen molar-refractivity contribution in [2.45, 2.75) is 45.2 Å². The normalized spacial score (nSPS) is 11.6. The number of carbonyl (C=O) groups excluding carboxylic acids is 2. The van der Waals surface area contributed by atoms with Crippen LogP contribution in [0.4, 0.5) is 4.39 Å². The second kappa shape index (κ2) is 12.9. The molecule has 3 rings (SSSR count). The Kier molecular flexibility index (Phi) is 9.65. The summed E-state index contributed by atoms with van der Waals surface area (Å²) in [7, 11) is 0. The number of amides is 2. The third-order valence-corrected chi connectivity index (χ3v) is 5.86. The Bertz CT molecular complexity index is 1060. The smallest absolute Gasteiger partial charge is 0.247 e. The van der Waals surface area contributed by atoms with Crippen LogP contribution in [0, 0.1) is 5.82 Å². The predicted octanol–water partition coefficient (Wildman–Crippen LogP) is 6.10. The van der Waals surface area contributed by atoms with Crippen LogP contribution >= 0.6 is 11.6 Å². The fourth-order valence-corrected chi connectivity index (χ4v) is 3.91. The fraction of sp³-hybridized carbons (Fsp3) is 0.286. The van der Waals surface area contributed by atoms with E-state index in [9.17, 15) is 14.0 Å². The van der Waals surface area contributed by atoms with Crippen molar-refractivity contribution in [3.8, 4) is 0 Å². The monoisotopic (exact) mass is 480 g/mol. The molecule has 2 amide bonds. The van der Waals surface area contributed by atoms with E-state index in [1.165, 1.54) is 12.1 Å². The van der Waals surface area contributed by atoms with Crippen molar-refractivity contribution in [2.75, 3.05) is 6.54 Å². The van der Waals surface area contributed by atoms with Crippen molar-refractivity contribution in [3.05, 3.63) is 106 Å². The molecule has 6 heteroatoms. The number of benzene rings is 3. The second-order valence-corrected chi connectivity index (χ2v) is 8.70. The van der Waals surface area contributed by atoms with E-state index in [1.807, 2.05) is 30.3 Å². The first kappa shape index (κ1) is 25.4. The second-order valence-electron chi connectivity index (χ2n) is 8.26. The lowest BCUT2D eigenvalue weighted by Crippen LogP contribution is -2.44. The molecule has 0 heterocycles. The Morgan fingerprint density at radius 3 is 2.21 bits per heavy atom. The van der Waals surface area contributed by atoms with Crippen LogP contribution in [0.25, 0.3) is 0 Å². The number of unbranched alkanes of at least 4 members (excludes halogenated alkanes) is 2. The first-order valence-electron chi connectivity index (χ1n) is 11.6. The quantitative estimate of drug-likeness (QED) is 0.337. The zero-order valence-corrected chi connectivity index (χ0v) is 20.1.